The van der Waals surface area contributed by atoms with Crippen molar-refractivity contribution < 1.29 is 13.9 Å². The summed E-state index contributed by atoms with van der Waals surface area (Å²) in [5, 5.41) is 3.98. The Labute approximate surface area is 157 Å². The Morgan fingerprint density at radius 1 is 1.42 bits per heavy atom. The van der Waals surface area contributed by atoms with Crippen LogP contribution < -0.4 is 5.32 Å². The number of likely N-dealkylation sites (N-methyl/N-ethyl adjacent to an activating group) is 1. The van der Waals surface area contributed by atoms with Crippen molar-refractivity contribution in [2.75, 3.05) is 27.2 Å². The van der Waals surface area contributed by atoms with E-state index >= 15 is 0 Å². The van der Waals surface area contributed by atoms with Crippen LogP contribution in [0.5, 0.6) is 0 Å². The van der Waals surface area contributed by atoms with E-state index in [1.807, 2.05) is 18.9 Å². The number of nitrogens with one attached hydrogen (secondary N) is 1. The number of aromatic nitrogens is 1. The van der Waals surface area contributed by atoms with Gasteiger partial charge in [-0.25, -0.2) is 9.37 Å². The van der Waals surface area contributed by atoms with Gasteiger partial charge in [-0.1, -0.05) is 12.1 Å². The molecule has 26 heavy (non-hydrogen) atoms. The van der Waals surface area contributed by atoms with Crippen molar-refractivity contribution in [3.63, 3.8) is 0 Å². The number of ether oxygens (including phenoxy) is 1. The lowest BCUT2D eigenvalue weighted by Gasteiger charge is -2.40. The Morgan fingerprint density at radius 3 is 2.81 bits per heavy atom. The van der Waals surface area contributed by atoms with Gasteiger partial charge in [0.15, 0.2) is 0 Å². The highest BCUT2D eigenvalue weighted by molar-refractivity contribution is 7.15. The first-order valence-corrected chi connectivity index (χ1v) is 9.58. The maximum atomic E-state index is 13.3. The highest BCUT2D eigenvalue weighted by Gasteiger charge is 2.36. The third kappa shape index (κ3) is 3.79. The van der Waals surface area contributed by atoms with Gasteiger partial charge in [-0.05, 0) is 44.5 Å². The maximum Gasteiger partial charge on any atom is 0.274 e. The molecular weight excluding hydrogens is 353 g/mol. The first-order valence-electron chi connectivity index (χ1n) is 8.77. The fraction of sp³-hybridized carbons (Fsp3) is 0.474. The van der Waals surface area contributed by atoms with E-state index in [4.69, 9.17) is 4.74 Å². The maximum absolute atomic E-state index is 13.3. The van der Waals surface area contributed by atoms with Gasteiger partial charge in [0.25, 0.3) is 5.91 Å². The molecule has 0 aliphatic carbocycles. The van der Waals surface area contributed by atoms with E-state index < -0.39 is 0 Å². The molecule has 1 aliphatic heterocycles. The van der Waals surface area contributed by atoms with Gasteiger partial charge in [0, 0.05) is 20.2 Å². The number of rotatable bonds is 5. The largest absolute Gasteiger partial charge is 0.379 e. The van der Waals surface area contributed by atoms with E-state index in [0.29, 0.717) is 18.8 Å². The number of likely N-dealkylation sites (tertiary alicyclic amines) is 1. The third-order valence-corrected chi connectivity index (χ3v) is 5.76. The minimum Gasteiger partial charge on any atom is -0.379 e. The first kappa shape index (κ1) is 18.9. The number of hydrogen-bond donors (Lipinski definition) is 1. The highest BCUT2D eigenvalue weighted by Crippen LogP contribution is 2.32. The van der Waals surface area contributed by atoms with Crippen molar-refractivity contribution in [3.05, 3.63) is 40.8 Å². The Hall–Kier alpha value is -1.83. The van der Waals surface area contributed by atoms with Crippen LogP contribution in [0.3, 0.4) is 0 Å². The van der Waals surface area contributed by atoms with Crippen molar-refractivity contribution >= 4 is 17.2 Å². The van der Waals surface area contributed by atoms with Gasteiger partial charge in [0.2, 0.25) is 0 Å². The zero-order chi connectivity index (χ0) is 18.7. The summed E-state index contributed by atoms with van der Waals surface area (Å²) in [6, 6.07) is 6.17. The molecule has 1 amide bonds. The quantitative estimate of drug-likeness (QED) is 0.870. The molecule has 1 aliphatic rings. The van der Waals surface area contributed by atoms with Gasteiger partial charge >= 0.3 is 0 Å². The molecule has 0 saturated carbocycles. The molecule has 2 unspecified atom stereocenters. The number of thiazole rings is 1. The number of carbonyl (C=O) groups is 1. The summed E-state index contributed by atoms with van der Waals surface area (Å²) in [5.41, 5.74) is 1.25. The smallest absolute Gasteiger partial charge is 0.274 e. The molecule has 1 fully saturated rings. The van der Waals surface area contributed by atoms with Crippen molar-refractivity contribution in [2.45, 2.75) is 31.9 Å². The van der Waals surface area contributed by atoms with E-state index in [-0.39, 0.29) is 23.9 Å². The van der Waals surface area contributed by atoms with Crippen LogP contribution in [0.15, 0.2) is 24.3 Å². The van der Waals surface area contributed by atoms with E-state index in [2.05, 4.69) is 10.3 Å². The SMILES string of the molecule is CNCC1C(OC)CCCN1C(=O)c1nc(C)sc1-c1ccc(F)cc1. The van der Waals surface area contributed by atoms with Crippen LogP contribution in [0, 0.1) is 12.7 Å². The number of amides is 1. The van der Waals surface area contributed by atoms with E-state index in [0.717, 1.165) is 28.3 Å². The van der Waals surface area contributed by atoms with E-state index in [1.54, 1.807) is 19.2 Å². The average Bonchev–Trinajstić information content (AvgIpc) is 3.04. The number of hydrogen-bond acceptors (Lipinski definition) is 5. The molecule has 1 N–H and O–H groups in total. The second kappa shape index (κ2) is 8.24. The van der Waals surface area contributed by atoms with Crippen molar-refractivity contribution in [3.8, 4) is 10.4 Å². The number of aryl methyl sites for hydroxylation is 1. The number of methoxy groups -OCH3 is 1. The van der Waals surface area contributed by atoms with Crippen molar-refractivity contribution in [1.82, 2.24) is 15.2 Å². The number of halogens is 1. The lowest BCUT2D eigenvalue weighted by atomic mass is 9.97. The summed E-state index contributed by atoms with van der Waals surface area (Å²) < 4.78 is 18.9. The summed E-state index contributed by atoms with van der Waals surface area (Å²) >= 11 is 1.46. The molecule has 0 spiro atoms. The predicted octanol–water partition coefficient (Wildman–Crippen LogP) is 3.10. The number of piperidine rings is 1. The zero-order valence-electron chi connectivity index (χ0n) is 15.3. The number of nitrogens with zero attached hydrogens (tertiary/aromatic N) is 2. The van der Waals surface area contributed by atoms with Crippen LogP contribution in [-0.2, 0) is 4.74 Å². The van der Waals surface area contributed by atoms with Gasteiger partial charge in [-0.3, -0.25) is 4.79 Å². The standard InChI is InChI=1S/C19H24FN3O2S/c1-12-22-17(18(26-12)13-6-8-14(20)9-7-13)19(24)23-10-4-5-16(25-3)15(23)11-21-2/h6-9,15-16,21H,4-5,10-11H2,1-3H3. The number of benzene rings is 1. The van der Waals surface area contributed by atoms with E-state index in [9.17, 15) is 9.18 Å². The molecule has 1 saturated heterocycles. The van der Waals surface area contributed by atoms with Crippen molar-refractivity contribution in [1.29, 1.82) is 0 Å². The molecule has 1 aromatic carbocycles. The number of carbonyl (C=O) groups excluding carboxylic acids is 1. The summed E-state index contributed by atoms with van der Waals surface area (Å²) in [7, 11) is 3.57. The lowest BCUT2D eigenvalue weighted by Crippen LogP contribution is -2.55. The van der Waals surface area contributed by atoms with Crippen LogP contribution >= 0.6 is 11.3 Å². The molecular formula is C19H24FN3O2S. The fourth-order valence-electron chi connectivity index (χ4n) is 3.50. The van der Waals surface area contributed by atoms with Gasteiger partial charge < -0.3 is 15.0 Å². The molecule has 140 valence electrons. The third-order valence-electron chi connectivity index (χ3n) is 4.74. The normalized spacial score (nSPS) is 20.4. The summed E-state index contributed by atoms with van der Waals surface area (Å²) in [6.45, 7) is 3.23. The topological polar surface area (TPSA) is 54.5 Å². The van der Waals surface area contributed by atoms with Crippen molar-refractivity contribution in [2.24, 2.45) is 0 Å². The lowest BCUT2D eigenvalue weighted by molar-refractivity contribution is -0.0111. The Balaban J connectivity index is 1.95. The fourth-order valence-corrected chi connectivity index (χ4v) is 4.42. The zero-order valence-corrected chi connectivity index (χ0v) is 16.1. The molecule has 1 aromatic heterocycles. The molecule has 3 rings (SSSR count). The van der Waals surface area contributed by atoms with Crippen LogP contribution in [-0.4, -0.2) is 55.2 Å². The van der Waals surface area contributed by atoms with Crippen LogP contribution in [0.2, 0.25) is 0 Å². The Morgan fingerprint density at radius 2 is 2.15 bits per heavy atom. The first-order chi connectivity index (χ1) is 12.5. The summed E-state index contributed by atoms with van der Waals surface area (Å²) in [5.74, 6) is -0.383. The summed E-state index contributed by atoms with van der Waals surface area (Å²) in [4.78, 5) is 20.5. The van der Waals surface area contributed by atoms with Gasteiger partial charge in [-0.2, -0.15) is 0 Å². The average molecular weight is 377 g/mol. The van der Waals surface area contributed by atoms with E-state index in [1.165, 1.54) is 23.5 Å². The van der Waals surface area contributed by atoms with Gasteiger partial charge in [0.1, 0.15) is 11.5 Å². The molecule has 0 radical (unpaired) electrons. The second-order valence-corrected chi connectivity index (χ2v) is 7.66. The van der Waals surface area contributed by atoms with Crippen LogP contribution in [0.1, 0.15) is 28.3 Å². The molecule has 2 atom stereocenters. The van der Waals surface area contributed by atoms with Crippen LogP contribution in [0.25, 0.3) is 10.4 Å². The highest BCUT2D eigenvalue weighted by atomic mass is 32.1. The predicted molar refractivity (Wildman–Crippen MR) is 101 cm³/mol. The molecule has 2 aromatic rings. The van der Waals surface area contributed by atoms with Crippen LogP contribution in [0.4, 0.5) is 4.39 Å². The molecule has 7 heteroatoms. The van der Waals surface area contributed by atoms with Gasteiger partial charge in [-0.15, -0.1) is 11.3 Å². The molecule has 0 bridgehead atoms. The van der Waals surface area contributed by atoms with Gasteiger partial charge in [0.05, 0.1) is 22.0 Å². The molecule has 2 heterocycles. The summed E-state index contributed by atoms with van der Waals surface area (Å²) in [6.07, 6.45) is 1.85. The monoisotopic (exact) mass is 377 g/mol. The minimum atomic E-state index is -0.295. The second-order valence-electron chi connectivity index (χ2n) is 6.46. The minimum absolute atomic E-state index is 0.00848. The Bertz CT molecular complexity index is 763. The Kier molecular flexibility index (Phi) is 6.01. The molecule has 5 nitrogen and oxygen atoms in total.